The monoisotopic (exact) mass is 1060 g/mol. The van der Waals surface area contributed by atoms with E-state index in [1.165, 1.54) is 31.4 Å². The summed E-state index contributed by atoms with van der Waals surface area (Å²) in [5, 5.41) is 39.2. The minimum atomic E-state index is -4.69. The van der Waals surface area contributed by atoms with Gasteiger partial charge in [0.05, 0.1) is 41.7 Å². The summed E-state index contributed by atoms with van der Waals surface area (Å²) in [5.41, 5.74) is 3.48. The van der Waals surface area contributed by atoms with Gasteiger partial charge in [0.15, 0.2) is 0 Å². The SMILES string of the molecule is COc1ccc(N=Nc2cc(OCCS(=O)(=O)O)c(Cc3nc(Cc4cc(Cl)c(N=Nc5ccc(CO)cc5)cc4OCCCO)nc(NCc4ccccc4)n3)cc2Cl)cc1S(=O)(=O)O.O=S(=O)=O. The highest BCUT2D eigenvalue weighted by atomic mass is 35.5. The van der Waals surface area contributed by atoms with Crippen LogP contribution in [0.3, 0.4) is 0 Å². The van der Waals surface area contributed by atoms with Crippen LogP contribution in [0.4, 0.5) is 28.7 Å². The van der Waals surface area contributed by atoms with Crippen molar-refractivity contribution in [1.82, 2.24) is 15.0 Å². The zero-order valence-corrected chi connectivity index (χ0v) is 40.5. The second-order valence-corrected chi connectivity index (χ2v) is 18.5. The van der Waals surface area contributed by atoms with E-state index in [-0.39, 0.29) is 83.2 Å². The van der Waals surface area contributed by atoms with Gasteiger partial charge in [0.2, 0.25) is 5.95 Å². The molecule has 0 aliphatic rings. The number of ether oxygens (including phenoxy) is 3. The van der Waals surface area contributed by atoms with Gasteiger partial charge < -0.3 is 29.7 Å². The number of aromatic nitrogens is 3. The summed E-state index contributed by atoms with van der Waals surface area (Å²) in [6.07, 6.45) is 0.364. The second kappa shape index (κ2) is 25.9. The molecule has 0 fully saturated rings. The Morgan fingerprint density at radius 2 is 1.20 bits per heavy atom. The fourth-order valence-corrected chi connectivity index (χ4v) is 7.43. The van der Waals surface area contributed by atoms with Gasteiger partial charge in [-0.15, -0.1) is 22.9 Å². The van der Waals surface area contributed by atoms with Crippen LogP contribution in [-0.2, 0) is 56.8 Å². The van der Waals surface area contributed by atoms with E-state index in [1.807, 2.05) is 30.3 Å². The molecule has 370 valence electrons. The number of methoxy groups -OCH3 is 1. The van der Waals surface area contributed by atoms with E-state index in [1.54, 1.807) is 36.4 Å². The number of benzene rings is 5. The lowest BCUT2D eigenvalue weighted by Gasteiger charge is -2.15. The Morgan fingerprint density at radius 3 is 1.71 bits per heavy atom. The molecule has 70 heavy (non-hydrogen) atoms. The highest BCUT2D eigenvalue weighted by Gasteiger charge is 2.20. The number of aliphatic hydroxyl groups excluding tert-OH is 2. The third-order valence-electron chi connectivity index (χ3n) is 9.23. The molecule has 5 aromatic carbocycles. The van der Waals surface area contributed by atoms with Crippen molar-refractivity contribution in [3.05, 3.63) is 141 Å². The molecule has 0 aliphatic heterocycles. The molecule has 0 spiro atoms. The summed E-state index contributed by atoms with van der Waals surface area (Å²) < 4.78 is 109. The molecule has 0 amide bonds. The molecule has 0 aliphatic carbocycles. The van der Waals surface area contributed by atoms with E-state index in [0.29, 0.717) is 46.8 Å². The first-order valence-electron chi connectivity index (χ1n) is 20.3. The summed E-state index contributed by atoms with van der Waals surface area (Å²) in [5.74, 6) is 0.305. The lowest BCUT2D eigenvalue weighted by atomic mass is 10.1. The number of rotatable bonds is 22. The molecule has 0 saturated carbocycles. The van der Waals surface area contributed by atoms with Gasteiger partial charge in [-0.1, -0.05) is 65.7 Å². The first kappa shape index (κ1) is 54.4. The highest BCUT2D eigenvalue weighted by Crippen LogP contribution is 2.38. The van der Waals surface area contributed by atoms with Crippen LogP contribution < -0.4 is 19.5 Å². The average Bonchev–Trinajstić information content (AvgIpc) is 3.31. The zero-order valence-electron chi connectivity index (χ0n) is 36.6. The van der Waals surface area contributed by atoms with Crippen molar-refractivity contribution in [1.29, 1.82) is 0 Å². The Morgan fingerprint density at radius 1 is 0.657 bits per heavy atom. The molecule has 27 heteroatoms. The van der Waals surface area contributed by atoms with Crippen molar-refractivity contribution in [2.75, 3.05) is 38.0 Å². The molecule has 0 unspecified atom stereocenters. The first-order chi connectivity index (χ1) is 33.3. The number of azo groups is 2. The molecule has 0 bridgehead atoms. The molecule has 0 atom stereocenters. The van der Waals surface area contributed by atoms with Crippen LogP contribution in [0.15, 0.2) is 122 Å². The van der Waals surface area contributed by atoms with Gasteiger partial charge in [0, 0.05) is 55.7 Å². The topological polar surface area (TPSA) is 328 Å². The standard InChI is InChI=1S/C43H42Cl2N8O11S2.O3S/c1-62-37-13-12-32(22-40(37)66(59,60)61)51-53-36-24-39(64-16-17-65(56,57)58)30(19-34(36)45)21-42-47-41(48-43(49-42)46-25-27-6-3-2-4-7-27)20-29-18-33(44)35(23-38(29)63-15-5-14-54)52-50-31-10-8-28(26-55)9-11-31;1-4(2)3/h2-4,6-13,18-19,22-24,54-55H,5,14-17,20-21,25-26H2,1H3,(H,56,57,58)(H,59,60,61)(H,46,47,48,49);. The maximum atomic E-state index is 12.0. The quantitative estimate of drug-likeness (QED) is 0.0248. The fourth-order valence-electron chi connectivity index (χ4n) is 6.01. The minimum absolute atomic E-state index is 0.0121. The summed E-state index contributed by atoms with van der Waals surface area (Å²) in [4.78, 5) is 13.6. The van der Waals surface area contributed by atoms with E-state index < -0.39 is 48.1 Å². The van der Waals surface area contributed by atoms with Crippen molar-refractivity contribution in [2.24, 2.45) is 20.5 Å². The fraction of sp³-hybridized carbons (Fsp3) is 0.233. The molecular weight excluding hydrogens is 1020 g/mol. The molecular formula is C43H42Cl2N8O14S3. The maximum Gasteiger partial charge on any atom is 0.425 e. The Kier molecular flexibility index (Phi) is 20.1. The third-order valence-corrected chi connectivity index (χ3v) is 11.4. The van der Waals surface area contributed by atoms with E-state index in [4.69, 9.17) is 60.0 Å². The first-order valence-corrected chi connectivity index (χ1v) is 25.1. The van der Waals surface area contributed by atoms with Gasteiger partial charge in [-0.05, 0) is 53.6 Å². The van der Waals surface area contributed by atoms with Crippen molar-refractivity contribution in [3.63, 3.8) is 0 Å². The number of nitrogens with zero attached hydrogens (tertiary/aromatic N) is 7. The summed E-state index contributed by atoms with van der Waals surface area (Å²) in [6.45, 7) is -0.181. The summed E-state index contributed by atoms with van der Waals surface area (Å²) in [7, 11) is -11.0. The van der Waals surface area contributed by atoms with Crippen LogP contribution >= 0.6 is 23.2 Å². The van der Waals surface area contributed by atoms with Crippen LogP contribution in [0.1, 0.15) is 40.3 Å². The third kappa shape index (κ3) is 17.4. The number of hydrogen-bond donors (Lipinski definition) is 5. The number of hydrogen-bond acceptors (Lipinski definition) is 20. The van der Waals surface area contributed by atoms with Crippen molar-refractivity contribution < 1.29 is 63.0 Å². The van der Waals surface area contributed by atoms with E-state index in [0.717, 1.165) is 11.6 Å². The number of halogens is 2. The maximum absolute atomic E-state index is 12.0. The lowest BCUT2D eigenvalue weighted by molar-refractivity contribution is 0.232. The molecule has 6 aromatic rings. The second-order valence-electron chi connectivity index (χ2n) is 14.3. The molecule has 5 N–H and O–H groups in total. The van der Waals surface area contributed by atoms with Crippen molar-refractivity contribution in [3.8, 4) is 17.2 Å². The molecule has 6 rings (SSSR count). The molecule has 1 heterocycles. The number of aliphatic hydroxyl groups is 2. The lowest BCUT2D eigenvalue weighted by Crippen LogP contribution is -2.14. The Hall–Kier alpha value is -6.55. The van der Waals surface area contributed by atoms with Crippen LogP contribution in [-0.4, -0.2) is 96.4 Å². The zero-order chi connectivity index (χ0) is 50.8. The van der Waals surface area contributed by atoms with Crippen molar-refractivity contribution in [2.45, 2.75) is 37.3 Å². The number of anilines is 1. The molecule has 1 aromatic heterocycles. The van der Waals surface area contributed by atoms with Gasteiger partial charge in [-0.2, -0.15) is 37.0 Å². The van der Waals surface area contributed by atoms with Crippen LogP contribution in [0.2, 0.25) is 10.0 Å². The molecule has 0 radical (unpaired) electrons. The smallest absolute Gasteiger partial charge is 0.425 e. The predicted octanol–water partition coefficient (Wildman–Crippen LogP) is 7.57. The Bertz CT molecular complexity index is 3170. The van der Waals surface area contributed by atoms with Crippen molar-refractivity contribution >= 4 is 82.7 Å². The predicted molar refractivity (Wildman–Crippen MR) is 254 cm³/mol. The van der Waals surface area contributed by atoms with Gasteiger partial charge in [0.1, 0.15) is 57.5 Å². The van der Waals surface area contributed by atoms with Crippen LogP contribution in [0.5, 0.6) is 17.2 Å². The van der Waals surface area contributed by atoms with Gasteiger partial charge in [-0.3, -0.25) is 9.11 Å². The van der Waals surface area contributed by atoms with Crippen LogP contribution in [0.25, 0.3) is 0 Å². The summed E-state index contributed by atoms with van der Waals surface area (Å²) in [6, 6.07) is 26.2. The van der Waals surface area contributed by atoms with Crippen LogP contribution in [0, 0.1) is 0 Å². The highest BCUT2D eigenvalue weighted by molar-refractivity contribution is 7.86. The van der Waals surface area contributed by atoms with Gasteiger partial charge in [-0.25, -0.2) is 4.98 Å². The molecule has 0 saturated heterocycles. The normalized spacial score (nSPS) is 11.6. The summed E-state index contributed by atoms with van der Waals surface area (Å²) >= 11 is 13.5. The number of nitrogens with one attached hydrogen (secondary N) is 1. The van der Waals surface area contributed by atoms with Gasteiger partial charge >= 0.3 is 10.6 Å². The Balaban J connectivity index is 0.00000219. The Labute approximate surface area is 412 Å². The largest absolute Gasteiger partial charge is 0.495 e. The average molecular weight is 1060 g/mol. The van der Waals surface area contributed by atoms with Gasteiger partial charge in [0.25, 0.3) is 20.2 Å². The van der Waals surface area contributed by atoms with E-state index in [9.17, 15) is 36.2 Å². The molecule has 22 nitrogen and oxygen atoms in total. The van der Waals surface area contributed by atoms with E-state index >= 15 is 0 Å². The van der Waals surface area contributed by atoms with E-state index in [2.05, 4.69) is 30.8 Å². The minimum Gasteiger partial charge on any atom is -0.495 e.